The summed E-state index contributed by atoms with van der Waals surface area (Å²) in [6.07, 6.45) is 10.7. The molecule has 1 saturated heterocycles. The average molecular weight is 398 g/mol. The van der Waals surface area contributed by atoms with Gasteiger partial charge in [-0.2, -0.15) is 0 Å². The second-order valence-electron chi connectivity index (χ2n) is 8.26. The van der Waals surface area contributed by atoms with Crippen molar-refractivity contribution in [2.24, 2.45) is 0 Å². The van der Waals surface area contributed by atoms with E-state index in [2.05, 4.69) is 69.2 Å². The Morgan fingerprint density at radius 1 is 1.14 bits per heavy atom. The van der Waals surface area contributed by atoms with Gasteiger partial charge in [0.2, 0.25) is 0 Å². The molecule has 4 rings (SSSR count). The molecule has 2 fully saturated rings. The minimum atomic E-state index is 0.0769. The molecule has 0 spiro atoms. The molecule has 2 atom stereocenters. The van der Waals surface area contributed by atoms with Gasteiger partial charge >= 0.3 is 0 Å². The molecule has 2 aromatic heterocycles. The molecule has 0 unspecified atom stereocenters. The zero-order chi connectivity index (χ0) is 19.5. The SMILES string of the molecule is CN(C)CCN1C(=S)N[C@@H](c2ccccn2)[C@@H]1c1cccn1C1CCCCC1. The van der Waals surface area contributed by atoms with Gasteiger partial charge in [0.05, 0.1) is 17.8 Å². The highest BCUT2D eigenvalue weighted by atomic mass is 32.1. The van der Waals surface area contributed by atoms with Crippen molar-refractivity contribution in [3.8, 4) is 0 Å². The quantitative estimate of drug-likeness (QED) is 0.748. The Bertz CT molecular complexity index is 781. The minimum absolute atomic E-state index is 0.0769. The summed E-state index contributed by atoms with van der Waals surface area (Å²) in [4.78, 5) is 9.24. The molecule has 2 aliphatic rings. The highest BCUT2D eigenvalue weighted by molar-refractivity contribution is 7.80. The number of hydrogen-bond acceptors (Lipinski definition) is 3. The van der Waals surface area contributed by atoms with Gasteiger partial charge in [0, 0.05) is 37.2 Å². The number of pyridine rings is 1. The highest BCUT2D eigenvalue weighted by Crippen LogP contribution is 2.41. The lowest BCUT2D eigenvalue weighted by atomic mass is 9.94. The molecule has 1 aliphatic heterocycles. The molecule has 0 aromatic carbocycles. The van der Waals surface area contributed by atoms with Crippen LogP contribution in [0.4, 0.5) is 0 Å². The summed E-state index contributed by atoms with van der Waals surface area (Å²) in [6.45, 7) is 1.88. The van der Waals surface area contributed by atoms with E-state index in [0.717, 1.165) is 23.9 Å². The van der Waals surface area contributed by atoms with Gasteiger partial charge in [-0.15, -0.1) is 0 Å². The maximum atomic E-state index is 5.78. The third-order valence-corrected chi connectivity index (χ3v) is 6.42. The number of aromatic nitrogens is 2. The van der Waals surface area contributed by atoms with Crippen LogP contribution in [0.2, 0.25) is 0 Å². The predicted molar refractivity (Wildman–Crippen MR) is 117 cm³/mol. The second kappa shape index (κ2) is 8.62. The fraction of sp³-hybridized carbons (Fsp3) is 0.545. The summed E-state index contributed by atoms with van der Waals surface area (Å²) in [5.41, 5.74) is 2.41. The van der Waals surface area contributed by atoms with Crippen molar-refractivity contribution in [1.82, 2.24) is 24.7 Å². The topological polar surface area (TPSA) is 36.3 Å². The Morgan fingerprint density at radius 2 is 1.96 bits per heavy atom. The summed E-state index contributed by atoms with van der Waals surface area (Å²) < 4.78 is 2.53. The van der Waals surface area contributed by atoms with E-state index in [1.807, 2.05) is 12.3 Å². The summed E-state index contributed by atoms with van der Waals surface area (Å²) in [6, 6.07) is 11.5. The van der Waals surface area contributed by atoms with E-state index in [0.29, 0.717) is 6.04 Å². The molecule has 1 N–H and O–H groups in total. The van der Waals surface area contributed by atoms with Crippen molar-refractivity contribution in [1.29, 1.82) is 0 Å². The van der Waals surface area contributed by atoms with Crippen molar-refractivity contribution in [3.63, 3.8) is 0 Å². The van der Waals surface area contributed by atoms with Crippen molar-refractivity contribution >= 4 is 17.3 Å². The van der Waals surface area contributed by atoms with Crippen molar-refractivity contribution in [2.75, 3.05) is 27.2 Å². The maximum absolute atomic E-state index is 5.78. The van der Waals surface area contributed by atoms with E-state index < -0.39 is 0 Å². The lowest BCUT2D eigenvalue weighted by Gasteiger charge is -2.33. The van der Waals surface area contributed by atoms with E-state index in [4.69, 9.17) is 12.2 Å². The number of nitrogens with zero attached hydrogens (tertiary/aromatic N) is 4. The van der Waals surface area contributed by atoms with Crippen LogP contribution in [0.3, 0.4) is 0 Å². The maximum Gasteiger partial charge on any atom is 0.170 e. The smallest absolute Gasteiger partial charge is 0.170 e. The zero-order valence-electron chi connectivity index (χ0n) is 16.9. The van der Waals surface area contributed by atoms with E-state index in [1.54, 1.807) is 0 Å². The van der Waals surface area contributed by atoms with Crippen LogP contribution < -0.4 is 5.32 Å². The van der Waals surface area contributed by atoms with E-state index >= 15 is 0 Å². The van der Waals surface area contributed by atoms with Gasteiger partial charge in [0.15, 0.2) is 5.11 Å². The fourth-order valence-corrected chi connectivity index (χ4v) is 4.96. The Morgan fingerprint density at radius 3 is 2.68 bits per heavy atom. The number of likely N-dealkylation sites (N-methyl/N-ethyl adjacent to an activating group) is 1. The largest absolute Gasteiger partial charge is 0.352 e. The van der Waals surface area contributed by atoms with Crippen molar-refractivity contribution < 1.29 is 0 Å². The van der Waals surface area contributed by atoms with Gasteiger partial charge in [-0.1, -0.05) is 25.3 Å². The second-order valence-corrected chi connectivity index (χ2v) is 8.64. The van der Waals surface area contributed by atoms with Gasteiger partial charge in [-0.3, -0.25) is 4.98 Å². The van der Waals surface area contributed by atoms with Gasteiger partial charge in [-0.25, -0.2) is 0 Å². The summed E-state index contributed by atoms with van der Waals surface area (Å²) in [5, 5.41) is 4.41. The molecule has 0 bridgehead atoms. The summed E-state index contributed by atoms with van der Waals surface area (Å²) >= 11 is 5.78. The summed E-state index contributed by atoms with van der Waals surface area (Å²) in [7, 11) is 4.23. The van der Waals surface area contributed by atoms with E-state index in [-0.39, 0.29) is 12.1 Å². The summed E-state index contributed by atoms with van der Waals surface area (Å²) in [5.74, 6) is 0. The average Bonchev–Trinajstić information content (AvgIpc) is 3.32. The minimum Gasteiger partial charge on any atom is -0.352 e. The Kier molecular flexibility index (Phi) is 5.97. The third-order valence-electron chi connectivity index (χ3n) is 6.07. The zero-order valence-corrected chi connectivity index (χ0v) is 17.7. The Balaban J connectivity index is 1.70. The Hall–Kier alpha value is -1.92. The molecule has 3 heterocycles. The molecule has 6 heteroatoms. The van der Waals surface area contributed by atoms with Crippen LogP contribution >= 0.6 is 12.2 Å². The molecule has 5 nitrogen and oxygen atoms in total. The number of rotatable bonds is 6. The normalized spacial score (nSPS) is 23.4. The fourth-order valence-electron chi connectivity index (χ4n) is 4.63. The monoisotopic (exact) mass is 397 g/mol. The molecule has 1 saturated carbocycles. The Labute approximate surface area is 173 Å². The first-order valence-corrected chi connectivity index (χ1v) is 10.9. The van der Waals surface area contributed by atoms with Crippen LogP contribution in [0.25, 0.3) is 0 Å². The van der Waals surface area contributed by atoms with Crippen LogP contribution in [-0.4, -0.2) is 51.6 Å². The molecule has 150 valence electrons. The molecule has 2 aromatic rings. The standard InChI is InChI=1S/C22H31N5S/c1-25(2)15-16-27-21(20(24-22(27)28)18-11-6-7-13-23-18)19-12-8-14-26(19)17-9-4-3-5-10-17/h6-8,11-14,17,20-21H,3-5,9-10,15-16H2,1-2H3,(H,24,28)/t20-,21-/m0/s1. The first-order chi connectivity index (χ1) is 13.6. The van der Waals surface area contributed by atoms with Crippen molar-refractivity contribution in [2.45, 2.75) is 50.2 Å². The lowest BCUT2D eigenvalue weighted by Crippen LogP contribution is -2.36. The first kappa shape index (κ1) is 19.4. The first-order valence-electron chi connectivity index (χ1n) is 10.4. The van der Waals surface area contributed by atoms with Crippen molar-refractivity contribution in [3.05, 3.63) is 54.1 Å². The third kappa shape index (κ3) is 3.94. The molecule has 28 heavy (non-hydrogen) atoms. The van der Waals surface area contributed by atoms with Crippen LogP contribution in [-0.2, 0) is 0 Å². The number of thiocarbonyl (C=S) groups is 1. The molecule has 0 amide bonds. The molecule has 0 radical (unpaired) electrons. The van der Waals surface area contributed by atoms with Crippen LogP contribution in [0.1, 0.15) is 61.6 Å². The molecular formula is C22H31N5S. The number of hydrogen-bond donors (Lipinski definition) is 1. The van der Waals surface area contributed by atoms with Crippen LogP contribution in [0.5, 0.6) is 0 Å². The molecule has 1 aliphatic carbocycles. The van der Waals surface area contributed by atoms with Gasteiger partial charge < -0.3 is 19.7 Å². The van der Waals surface area contributed by atoms with Gasteiger partial charge in [0.1, 0.15) is 0 Å². The van der Waals surface area contributed by atoms with E-state index in [9.17, 15) is 0 Å². The predicted octanol–water partition coefficient (Wildman–Crippen LogP) is 3.92. The van der Waals surface area contributed by atoms with E-state index in [1.165, 1.54) is 37.8 Å². The lowest BCUT2D eigenvalue weighted by molar-refractivity contribution is 0.257. The number of nitrogens with one attached hydrogen (secondary N) is 1. The van der Waals surface area contributed by atoms with Gasteiger partial charge in [-0.05, 0) is 63.4 Å². The molecular weight excluding hydrogens is 366 g/mol. The van der Waals surface area contributed by atoms with Gasteiger partial charge in [0.25, 0.3) is 0 Å². The van der Waals surface area contributed by atoms with Crippen LogP contribution in [0.15, 0.2) is 42.7 Å². The van der Waals surface area contributed by atoms with Crippen LogP contribution in [0, 0.1) is 0 Å². The highest BCUT2D eigenvalue weighted by Gasteiger charge is 2.41.